The van der Waals surface area contributed by atoms with E-state index >= 15 is 0 Å². The Bertz CT molecular complexity index is 1800. The molecule has 1 N–H and O–H groups in total. The van der Waals surface area contributed by atoms with E-state index in [4.69, 9.17) is 9.84 Å². The van der Waals surface area contributed by atoms with Crippen LogP contribution in [0.25, 0.3) is 55.3 Å². The number of hydrogen-bond acceptors (Lipinski definition) is 2. The number of benzene rings is 6. The zero-order valence-corrected chi connectivity index (χ0v) is 21.6. The lowest BCUT2D eigenvalue weighted by atomic mass is 9.87. The molecule has 188 valence electrons. The van der Waals surface area contributed by atoms with Gasteiger partial charge in [0.15, 0.2) is 0 Å². The molecule has 2 nitrogen and oxygen atoms in total. The highest BCUT2D eigenvalue weighted by atomic mass is 16.5. The number of rotatable bonds is 6. The van der Waals surface area contributed by atoms with Gasteiger partial charge in [0.05, 0.1) is 6.61 Å². The normalized spacial score (nSPS) is 11.8. The predicted octanol–water partition coefficient (Wildman–Crippen LogP) is 8.78. The zero-order chi connectivity index (χ0) is 26.2. The van der Waals surface area contributed by atoms with Gasteiger partial charge in [-0.2, -0.15) is 0 Å². The van der Waals surface area contributed by atoms with Gasteiger partial charge in [-0.1, -0.05) is 109 Å². The molecule has 1 aliphatic carbocycles. The van der Waals surface area contributed by atoms with Crippen molar-refractivity contribution in [1.82, 2.24) is 0 Å². The molecule has 0 spiro atoms. The average Bonchev–Trinajstić information content (AvgIpc) is 3.38. The summed E-state index contributed by atoms with van der Waals surface area (Å²) in [5.74, 6) is 0.777. The summed E-state index contributed by atoms with van der Waals surface area (Å²) >= 11 is 0. The smallest absolute Gasteiger partial charge is 0.120 e. The van der Waals surface area contributed by atoms with Crippen molar-refractivity contribution >= 4 is 10.8 Å². The zero-order valence-electron chi connectivity index (χ0n) is 21.6. The van der Waals surface area contributed by atoms with Crippen LogP contribution in [-0.2, 0) is 6.42 Å². The summed E-state index contributed by atoms with van der Waals surface area (Å²) in [6, 6.07) is 45.7. The predicted molar refractivity (Wildman–Crippen MR) is 161 cm³/mol. The van der Waals surface area contributed by atoms with Gasteiger partial charge < -0.3 is 9.84 Å². The number of fused-ring (bicyclic) bond motifs is 4. The summed E-state index contributed by atoms with van der Waals surface area (Å²) in [6.45, 7) is 0.306. The number of aliphatic hydroxyl groups excluding tert-OH is 1. The van der Waals surface area contributed by atoms with Crippen LogP contribution in [0.4, 0.5) is 0 Å². The van der Waals surface area contributed by atoms with E-state index in [1.165, 1.54) is 61.0 Å². The third-order valence-electron chi connectivity index (χ3n) is 7.73. The second kappa shape index (κ2) is 9.90. The van der Waals surface area contributed by atoms with Gasteiger partial charge in [0.25, 0.3) is 0 Å². The van der Waals surface area contributed by atoms with Crippen molar-refractivity contribution in [2.75, 3.05) is 13.2 Å². The van der Waals surface area contributed by atoms with Crippen molar-refractivity contribution < 1.29 is 9.84 Å². The summed E-state index contributed by atoms with van der Waals surface area (Å²) < 4.78 is 5.64. The Labute approximate surface area is 228 Å². The Morgan fingerprint density at radius 2 is 1.21 bits per heavy atom. The minimum atomic E-state index is 0.00753. The maximum atomic E-state index is 9.11. The minimum absolute atomic E-state index is 0.00753. The van der Waals surface area contributed by atoms with E-state index in [2.05, 4.69) is 115 Å². The first-order valence-electron chi connectivity index (χ1n) is 13.5. The van der Waals surface area contributed by atoms with E-state index in [0.717, 1.165) is 17.6 Å². The molecular formula is C37H28O2. The van der Waals surface area contributed by atoms with Gasteiger partial charge in [0, 0.05) is 0 Å². The highest BCUT2D eigenvalue weighted by molar-refractivity contribution is 5.97. The van der Waals surface area contributed by atoms with Crippen molar-refractivity contribution in [3.05, 3.63) is 139 Å². The van der Waals surface area contributed by atoms with Gasteiger partial charge in [0.1, 0.15) is 12.4 Å². The first kappa shape index (κ1) is 23.5. The van der Waals surface area contributed by atoms with Crippen LogP contribution in [0.3, 0.4) is 0 Å². The van der Waals surface area contributed by atoms with Crippen molar-refractivity contribution in [1.29, 1.82) is 0 Å². The molecule has 0 saturated heterocycles. The Hall–Kier alpha value is -4.66. The van der Waals surface area contributed by atoms with Crippen LogP contribution >= 0.6 is 0 Å². The maximum absolute atomic E-state index is 9.11. The fourth-order valence-electron chi connectivity index (χ4n) is 5.91. The summed E-state index contributed by atoms with van der Waals surface area (Å²) in [5.41, 5.74) is 12.9. The van der Waals surface area contributed by atoms with E-state index in [9.17, 15) is 0 Å². The van der Waals surface area contributed by atoms with Crippen molar-refractivity contribution in [3.8, 4) is 50.3 Å². The van der Waals surface area contributed by atoms with Crippen LogP contribution in [0.1, 0.15) is 11.1 Å². The first-order valence-corrected chi connectivity index (χ1v) is 13.5. The Morgan fingerprint density at radius 3 is 2.00 bits per heavy atom. The van der Waals surface area contributed by atoms with Crippen LogP contribution in [0.5, 0.6) is 5.75 Å². The van der Waals surface area contributed by atoms with E-state index in [0.29, 0.717) is 6.61 Å². The molecule has 0 atom stereocenters. The van der Waals surface area contributed by atoms with Gasteiger partial charge in [-0.15, -0.1) is 0 Å². The highest BCUT2D eigenvalue weighted by Gasteiger charge is 2.25. The molecule has 0 saturated carbocycles. The summed E-state index contributed by atoms with van der Waals surface area (Å²) in [7, 11) is 0. The van der Waals surface area contributed by atoms with Crippen molar-refractivity contribution in [2.45, 2.75) is 6.42 Å². The minimum Gasteiger partial charge on any atom is -0.491 e. The fourth-order valence-corrected chi connectivity index (χ4v) is 5.91. The van der Waals surface area contributed by atoms with Crippen LogP contribution in [0.15, 0.2) is 127 Å². The molecular weight excluding hydrogens is 476 g/mol. The van der Waals surface area contributed by atoms with Crippen LogP contribution in [0.2, 0.25) is 0 Å². The molecule has 0 amide bonds. The monoisotopic (exact) mass is 504 g/mol. The average molecular weight is 505 g/mol. The van der Waals surface area contributed by atoms with E-state index in [1.54, 1.807) is 0 Å². The first-order chi connectivity index (χ1) is 19.3. The molecule has 1 aliphatic rings. The lowest BCUT2D eigenvalue weighted by molar-refractivity contribution is 0.201. The lowest BCUT2D eigenvalue weighted by Crippen LogP contribution is -2.01. The molecule has 0 aliphatic heterocycles. The molecule has 0 heterocycles. The number of hydrogen-bond donors (Lipinski definition) is 1. The molecule has 0 aromatic heterocycles. The van der Waals surface area contributed by atoms with E-state index in [1.807, 2.05) is 12.1 Å². The van der Waals surface area contributed by atoms with Crippen molar-refractivity contribution in [3.63, 3.8) is 0 Å². The Kier molecular flexibility index (Phi) is 5.96. The van der Waals surface area contributed by atoms with E-state index in [-0.39, 0.29) is 6.61 Å². The molecule has 0 radical (unpaired) electrons. The molecule has 2 heteroatoms. The maximum Gasteiger partial charge on any atom is 0.120 e. The highest BCUT2D eigenvalue weighted by Crippen LogP contribution is 2.47. The summed E-state index contributed by atoms with van der Waals surface area (Å²) in [6.07, 6.45) is 0.910. The third kappa shape index (κ3) is 4.29. The molecule has 6 aromatic carbocycles. The largest absolute Gasteiger partial charge is 0.491 e. The molecule has 0 unspecified atom stereocenters. The van der Waals surface area contributed by atoms with Gasteiger partial charge in [-0.05, 0) is 91.0 Å². The van der Waals surface area contributed by atoms with Crippen molar-refractivity contribution in [2.24, 2.45) is 0 Å². The fraction of sp³-hybridized carbons (Fsp3) is 0.0811. The van der Waals surface area contributed by atoms with Crippen LogP contribution in [-0.4, -0.2) is 18.3 Å². The second-order valence-electron chi connectivity index (χ2n) is 10.1. The van der Waals surface area contributed by atoms with Gasteiger partial charge in [-0.3, -0.25) is 0 Å². The standard InChI is InChI=1S/C37H28O2/c38-19-20-39-32-15-13-28-21-30(12-11-29(28)23-32)37-34(26-9-5-2-6-10-26)17-18-35-33-16-14-27(22-31(33)24-36(35)37)25-7-3-1-4-8-25/h1-18,21-23,38H,19-20,24H2. The number of aliphatic hydroxyl groups is 1. The third-order valence-corrected chi connectivity index (χ3v) is 7.73. The molecule has 0 fully saturated rings. The van der Waals surface area contributed by atoms with Gasteiger partial charge >= 0.3 is 0 Å². The molecule has 6 aromatic rings. The molecule has 0 bridgehead atoms. The summed E-state index contributed by atoms with van der Waals surface area (Å²) in [5, 5.41) is 11.4. The summed E-state index contributed by atoms with van der Waals surface area (Å²) in [4.78, 5) is 0. The van der Waals surface area contributed by atoms with E-state index < -0.39 is 0 Å². The molecule has 39 heavy (non-hydrogen) atoms. The van der Waals surface area contributed by atoms with Crippen LogP contribution < -0.4 is 4.74 Å². The Morgan fingerprint density at radius 1 is 0.538 bits per heavy atom. The quantitative estimate of drug-likeness (QED) is 0.245. The van der Waals surface area contributed by atoms with Gasteiger partial charge in [0.2, 0.25) is 0 Å². The molecule has 7 rings (SSSR count). The Balaban J connectivity index is 1.37. The van der Waals surface area contributed by atoms with Gasteiger partial charge in [-0.25, -0.2) is 0 Å². The SMILES string of the molecule is OCCOc1ccc2cc(-c3c(-c4ccccc4)ccc4c3Cc3cc(-c5ccccc5)ccc3-4)ccc2c1. The van der Waals surface area contributed by atoms with Crippen LogP contribution in [0, 0.1) is 0 Å². The second-order valence-corrected chi connectivity index (χ2v) is 10.1. The number of ether oxygens (including phenoxy) is 1. The topological polar surface area (TPSA) is 29.5 Å². The lowest BCUT2D eigenvalue weighted by Gasteiger charge is -2.17.